The molecule has 2 aliphatic carbocycles. The van der Waals surface area contributed by atoms with Crippen molar-refractivity contribution in [2.75, 3.05) is 6.54 Å². The van der Waals surface area contributed by atoms with Gasteiger partial charge in [-0.25, -0.2) is 8.78 Å². The van der Waals surface area contributed by atoms with Crippen molar-refractivity contribution in [3.63, 3.8) is 0 Å². The Hall–Kier alpha value is -0.180. The standard InChI is InChI=1S/C9H15F2N/c1-2-12-7-3-8(4-7)5-9(10,11)6-8/h7,12H,2-6H2,1H3. The molecule has 2 aliphatic rings. The number of nitrogens with one attached hydrogen (secondary N) is 1. The van der Waals surface area contributed by atoms with E-state index in [1.54, 1.807) is 0 Å². The van der Waals surface area contributed by atoms with Crippen LogP contribution in [0.3, 0.4) is 0 Å². The highest BCUT2D eigenvalue weighted by molar-refractivity contribution is 5.08. The van der Waals surface area contributed by atoms with E-state index in [1.165, 1.54) is 0 Å². The van der Waals surface area contributed by atoms with Crippen LogP contribution >= 0.6 is 0 Å². The van der Waals surface area contributed by atoms with Crippen LogP contribution in [0.1, 0.15) is 32.6 Å². The fourth-order valence-electron chi connectivity index (χ4n) is 2.75. The number of alkyl halides is 2. The minimum absolute atomic E-state index is 0.0380. The van der Waals surface area contributed by atoms with Crippen molar-refractivity contribution in [1.29, 1.82) is 0 Å². The van der Waals surface area contributed by atoms with Gasteiger partial charge in [0.15, 0.2) is 0 Å². The van der Waals surface area contributed by atoms with E-state index in [9.17, 15) is 8.78 Å². The summed E-state index contributed by atoms with van der Waals surface area (Å²) < 4.78 is 25.1. The van der Waals surface area contributed by atoms with E-state index in [2.05, 4.69) is 12.2 Å². The van der Waals surface area contributed by atoms with Gasteiger partial charge in [0.1, 0.15) is 0 Å². The highest BCUT2D eigenvalue weighted by Crippen LogP contribution is 2.62. The summed E-state index contributed by atoms with van der Waals surface area (Å²) in [4.78, 5) is 0. The summed E-state index contributed by atoms with van der Waals surface area (Å²) in [6.07, 6.45) is 2.22. The molecule has 0 unspecified atom stereocenters. The second-order valence-electron chi connectivity index (χ2n) is 4.37. The third-order valence-corrected chi connectivity index (χ3v) is 3.12. The van der Waals surface area contributed by atoms with Crippen molar-refractivity contribution in [3.05, 3.63) is 0 Å². The molecule has 0 bridgehead atoms. The lowest BCUT2D eigenvalue weighted by molar-refractivity contribution is -0.198. The van der Waals surface area contributed by atoms with Crippen molar-refractivity contribution in [3.8, 4) is 0 Å². The maximum absolute atomic E-state index is 12.5. The van der Waals surface area contributed by atoms with Gasteiger partial charge in [0.05, 0.1) is 0 Å². The summed E-state index contributed by atoms with van der Waals surface area (Å²) in [5, 5.41) is 3.29. The Labute approximate surface area is 71.5 Å². The Balaban J connectivity index is 1.76. The molecule has 1 N–H and O–H groups in total. The predicted molar refractivity (Wildman–Crippen MR) is 43.3 cm³/mol. The zero-order chi connectivity index (χ0) is 8.82. The van der Waals surface area contributed by atoms with E-state index in [1.807, 2.05) is 0 Å². The zero-order valence-corrected chi connectivity index (χ0v) is 7.37. The van der Waals surface area contributed by atoms with Crippen molar-refractivity contribution < 1.29 is 8.78 Å². The molecular weight excluding hydrogens is 160 g/mol. The van der Waals surface area contributed by atoms with Gasteiger partial charge in [0.2, 0.25) is 5.92 Å². The van der Waals surface area contributed by atoms with Crippen LogP contribution in [0.5, 0.6) is 0 Å². The second kappa shape index (κ2) is 2.41. The van der Waals surface area contributed by atoms with Crippen LogP contribution in [-0.4, -0.2) is 18.5 Å². The topological polar surface area (TPSA) is 12.0 Å². The van der Waals surface area contributed by atoms with Crippen LogP contribution in [0.4, 0.5) is 8.78 Å². The average molecular weight is 175 g/mol. The maximum Gasteiger partial charge on any atom is 0.249 e. The Kier molecular flexibility index (Phi) is 1.69. The molecule has 0 heterocycles. The van der Waals surface area contributed by atoms with Gasteiger partial charge >= 0.3 is 0 Å². The van der Waals surface area contributed by atoms with E-state index in [-0.39, 0.29) is 18.3 Å². The molecule has 12 heavy (non-hydrogen) atoms. The lowest BCUT2D eigenvalue weighted by atomic mass is 9.52. The van der Waals surface area contributed by atoms with Gasteiger partial charge in [-0.05, 0) is 24.8 Å². The zero-order valence-electron chi connectivity index (χ0n) is 7.37. The fraction of sp³-hybridized carbons (Fsp3) is 1.00. The first kappa shape index (κ1) is 8.42. The van der Waals surface area contributed by atoms with Gasteiger partial charge < -0.3 is 5.32 Å². The first-order chi connectivity index (χ1) is 5.55. The molecule has 0 amide bonds. The normalized spacial score (nSPS) is 31.2. The third-order valence-electron chi connectivity index (χ3n) is 3.12. The average Bonchev–Trinajstić information content (AvgIpc) is 1.80. The van der Waals surface area contributed by atoms with Crippen LogP contribution < -0.4 is 5.32 Å². The molecule has 1 nitrogen and oxygen atoms in total. The minimum atomic E-state index is -2.34. The molecule has 1 spiro atoms. The smallest absolute Gasteiger partial charge is 0.249 e. The van der Waals surface area contributed by atoms with Crippen molar-refractivity contribution in [2.45, 2.75) is 44.6 Å². The Morgan fingerprint density at radius 1 is 1.33 bits per heavy atom. The molecule has 0 aromatic rings. The summed E-state index contributed by atoms with van der Waals surface area (Å²) in [5.74, 6) is -2.34. The first-order valence-corrected chi connectivity index (χ1v) is 4.67. The number of halogens is 2. The highest BCUT2D eigenvalue weighted by atomic mass is 19.3. The van der Waals surface area contributed by atoms with E-state index >= 15 is 0 Å². The monoisotopic (exact) mass is 175 g/mol. The molecule has 2 saturated carbocycles. The molecule has 3 heteroatoms. The number of hydrogen-bond donors (Lipinski definition) is 1. The Morgan fingerprint density at radius 2 is 1.92 bits per heavy atom. The van der Waals surface area contributed by atoms with Crippen molar-refractivity contribution >= 4 is 0 Å². The van der Waals surface area contributed by atoms with Gasteiger partial charge in [0.25, 0.3) is 0 Å². The molecular formula is C9H15F2N. The third kappa shape index (κ3) is 1.24. The maximum atomic E-state index is 12.5. The van der Waals surface area contributed by atoms with Crippen molar-refractivity contribution in [2.24, 2.45) is 5.41 Å². The lowest BCUT2D eigenvalue weighted by Gasteiger charge is -2.57. The van der Waals surface area contributed by atoms with Gasteiger partial charge in [-0.3, -0.25) is 0 Å². The molecule has 2 fully saturated rings. The fourth-order valence-corrected chi connectivity index (χ4v) is 2.75. The van der Waals surface area contributed by atoms with E-state index in [0.29, 0.717) is 6.04 Å². The minimum Gasteiger partial charge on any atom is -0.314 e. The first-order valence-electron chi connectivity index (χ1n) is 4.67. The summed E-state index contributed by atoms with van der Waals surface area (Å²) in [6.45, 7) is 3.01. The van der Waals surface area contributed by atoms with E-state index < -0.39 is 5.92 Å². The summed E-state index contributed by atoms with van der Waals surface area (Å²) in [7, 11) is 0. The van der Waals surface area contributed by atoms with E-state index in [4.69, 9.17) is 0 Å². The quantitative estimate of drug-likeness (QED) is 0.678. The number of hydrogen-bond acceptors (Lipinski definition) is 1. The van der Waals surface area contributed by atoms with Gasteiger partial charge in [-0.2, -0.15) is 0 Å². The Morgan fingerprint density at radius 3 is 2.33 bits per heavy atom. The van der Waals surface area contributed by atoms with Crippen LogP contribution in [-0.2, 0) is 0 Å². The molecule has 0 saturated heterocycles. The summed E-state index contributed by atoms with van der Waals surface area (Å²) in [5.41, 5.74) is 0.0380. The van der Waals surface area contributed by atoms with Crippen LogP contribution in [0.15, 0.2) is 0 Å². The molecule has 0 aromatic carbocycles. The highest BCUT2D eigenvalue weighted by Gasteiger charge is 2.61. The molecule has 0 radical (unpaired) electrons. The van der Waals surface area contributed by atoms with Crippen molar-refractivity contribution in [1.82, 2.24) is 5.32 Å². The van der Waals surface area contributed by atoms with Gasteiger partial charge in [-0.15, -0.1) is 0 Å². The van der Waals surface area contributed by atoms with Gasteiger partial charge in [0, 0.05) is 18.9 Å². The summed E-state index contributed by atoms with van der Waals surface area (Å²) in [6, 6.07) is 0.520. The predicted octanol–water partition coefficient (Wildman–Crippen LogP) is 2.17. The van der Waals surface area contributed by atoms with Gasteiger partial charge in [-0.1, -0.05) is 6.92 Å². The SMILES string of the molecule is CCNC1CC2(C1)CC(F)(F)C2. The lowest BCUT2D eigenvalue weighted by Crippen LogP contribution is -2.59. The molecule has 0 aliphatic heterocycles. The van der Waals surface area contributed by atoms with Crippen LogP contribution in [0.2, 0.25) is 0 Å². The van der Waals surface area contributed by atoms with Crippen LogP contribution in [0.25, 0.3) is 0 Å². The molecule has 0 aromatic heterocycles. The largest absolute Gasteiger partial charge is 0.314 e. The van der Waals surface area contributed by atoms with Crippen LogP contribution in [0, 0.1) is 5.41 Å². The molecule has 0 atom stereocenters. The molecule has 2 rings (SSSR count). The molecule has 70 valence electrons. The number of rotatable bonds is 2. The van der Waals surface area contributed by atoms with E-state index in [0.717, 1.165) is 19.4 Å². The second-order valence-corrected chi connectivity index (χ2v) is 4.37. The summed E-state index contributed by atoms with van der Waals surface area (Å²) >= 11 is 0. The Bertz CT molecular complexity index is 175.